The molecule has 0 saturated heterocycles. The van der Waals surface area contributed by atoms with Crippen LogP contribution in [0.5, 0.6) is 5.75 Å². The molecule has 0 radical (unpaired) electrons. The van der Waals surface area contributed by atoms with Gasteiger partial charge in [-0.3, -0.25) is 4.79 Å². The number of Topliss-reactive ketones (excluding diaryl/α,β-unsaturated/α-hetero) is 1. The molecule has 0 saturated carbocycles. The molecule has 4 nitrogen and oxygen atoms in total. The highest BCUT2D eigenvalue weighted by atomic mass is 19.1. The van der Waals surface area contributed by atoms with E-state index in [2.05, 4.69) is 0 Å². The molecule has 120 valence electrons. The van der Waals surface area contributed by atoms with Gasteiger partial charge in [-0.25, -0.2) is 9.18 Å². The highest BCUT2D eigenvalue weighted by Crippen LogP contribution is 2.22. The lowest BCUT2D eigenvalue weighted by Crippen LogP contribution is -2.07. The molecule has 0 aromatic heterocycles. The molecule has 0 spiro atoms. The molecule has 2 rings (SSSR count). The zero-order valence-electron chi connectivity index (χ0n) is 13.2. The Bertz CT molecular complexity index is 753. The first-order valence-corrected chi connectivity index (χ1v) is 7.03. The average Bonchev–Trinajstić information content (AvgIpc) is 2.54. The third-order valence-corrected chi connectivity index (χ3v) is 3.45. The van der Waals surface area contributed by atoms with Crippen molar-refractivity contribution in [3.05, 3.63) is 64.5 Å². The minimum atomic E-state index is -0.640. The van der Waals surface area contributed by atoms with E-state index in [1.807, 2.05) is 0 Å². The molecule has 23 heavy (non-hydrogen) atoms. The normalized spacial score (nSPS) is 10.3. The van der Waals surface area contributed by atoms with E-state index in [9.17, 15) is 14.0 Å². The second kappa shape index (κ2) is 7.05. The van der Waals surface area contributed by atoms with E-state index in [1.54, 1.807) is 25.1 Å². The first kappa shape index (κ1) is 16.7. The molecule has 2 aromatic carbocycles. The fraction of sp³-hybridized carbons (Fsp3) is 0.222. The topological polar surface area (TPSA) is 52.6 Å². The van der Waals surface area contributed by atoms with Crippen molar-refractivity contribution in [1.29, 1.82) is 0 Å². The van der Waals surface area contributed by atoms with Crippen LogP contribution in [-0.4, -0.2) is 18.9 Å². The Morgan fingerprint density at radius 1 is 1.09 bits per heavy atom. The summed E-state index contributed by atoms with van der Waals surface area (Å²) in [7, 11) is 1.49. The summed E-state index contributed by atoms with van der Waals surface area (Å²) < 4.78 is 23.9. The molecule has 2 aromatic rings. The standard InChI is InChI=1S/C18H17FO4/c1-11-4-5-14(9-16(11)19)18(21)23-10-15-8-13(12(2)20)6-7-17(15)22-3/h4-9H,10H2,1-3H3. The van der Waals surface area contributed by atoms with E-state index in [4.69, 9.17) is 9.47 Å². The fourth-order valence-corrected chi connectivity index (χ4v) is 2.06. The van der Waals surface area contributed by atoms with Gasteiger partial charge in [-0.1, -0.05) is 6.07 Å². The average molecular weight is 316 g/mol. The molecule has 5 heteroatoms. The molecular formula is C18H17FO4. The summed E-state index contributed by atoms with van der Waals surface area (Å²) in [5.74, 6) is -0.687. The van der Waals surface area contributed by atoms with Crippen LogP contribution in [0, 0.1) is 12.7 Å². The Balaban J connectivity index is 2.16. The summed E-state index contributed by atoms with van der Waals surface area (Å²) in [5.41, 5.74) is 1.66. The molecule has 0 atom stereocenters. The SMILES string of the molecule is COc1ccc(C(C)=O)cc1COC(=O)c1ccc(C)c(F)c1. The summed E-state index contributed by atoms with van der Waals surface area (Å²) in [5, 5.41) is 0. The van der Waals surface area contributed by atoms with Crippen molar-refractivity contribution in [1.82, 2.24) is 0 Å². The molecule has 0 unspecified atom stereocenters. The number of ether oxygens (including phenoxy) is 2. The van der Waals surface area contributed by atoms with E-state index in [0.717, 1.165) is 6.07 Å². The highest BCUT2D eigenvalue weighted by molar-refractivity contribution is 5.94. The minimum Gasteiger partial charge on any atom is -0.496 e. The van der Waals surface area contributed by atoms with Crippen LogP contribution in [0.4, 0.5) is 4.39 Å². The number of hydrogen-bond donors (Lipinski definition) is 0. The van der Waals surface area contributed by atoms with Crippen LogP contribution in [0.3, 0.4) is 0 Å². The largest absolute Gasteiger partial charge is 0.496 e. The molecule has 0 aliphatic heterocycles. The van der Waals surface area contributed by atoms with Crippen LogP contribution in [0.25, 0.3) is 0 Å². The zero-order valence-corrected chi connectivity index (χ0v) is 13.2. The van der Waals surface area contributed by atoms with Crippen molar-refractivity contribution in [3.8, 4) is 5.75 Å². The van der Waals surface area contributed by atoms with E-state index in [0.29, 0.717) is 22.4 Å². The Hall–Kier alpha value is -2.69. The van der Waals surface area contributed by atoms with Gasteiger partial charge in [-0.15, -0.1) is 0 Å². The van der Waals surface area contributed by atoms with Crippen LogP contribution in [0.2, 0.25) is 0 Å². The van der Waals surface area contributed by atoms with Crippen LogP contribution in [0.1, 0.15) is 38.8 Å². The molecular weight excluding hydrogens is 299 g/mol. The summed E-state index contributed by atoms with van der Waals surface area (Å²) in [4.78, 5) is 23.4. The predicted octanol–water partition coefficient (Wildman–Crippen LogP) is 3.70. The van der Waals surface area contributed by atoms with Crippen molar-refractivity contribution >= 4 is 11.8 Å². The molecule has 0 N–H and O–H groups in total. The number of carbonyl (C=O) groups excluding carboxylic acids is 2. The Labute approximate surface area is 133 Å². The Morgan fingerprint density at radius 3 is 2.39 bits per heavy atom. The number of rotatable bonds is 5. The van der Waals surface area contributed by atoms with Crippen LogP contribution < -0.4 is 4.74 Å². The summed E-state index contributed by atoms with van der Waals surface area (Å²) in [6.07, 6.45) is 0. The molecule has 0 aliphatic carbocycles. The van der Waals surface area contributed by atoms with Gasteiger partial charge >= 0.3 is 5.97 Å². The van der Waals surface area contributed by atoms with Gasteiger partial charge in [0, 0.05) is 11.1 Å². The second-order valence-electron chi connectivity index (χ2n) is 5.12. The van der Waals surface area contributed by atoms with Gasteiger partial charge in [0.15, 0.2) is 5.78 Å². The lowest BCUT2D eigenvalue weighted by molar-refractivity contribution is 0.0469. The van der Waals surface area contributed by atoms with Crippen molar-refractivity contribution < 1.29 is 23.5 Å². The van der Waals surface area contributed by atoms with Crippen molar-refractivity contribution in [3.63, 3.8) is 0 Å². The fourth-order valence-electron chi connectivity index (χ4n) is 2.06. The van der Waals surface area contributed by atoms with E-state index in [1.165, 1.54) is 26.2 Å². The Kier molecular flexibility index (Phi) is 5.11. The first-order valence-electron chi connectivity index (χ1n) is 7.03. The highest BCUT2D eigenvalue weighted by Gasteiger charge is 2.13. The number of hydrogen-bond acceptors (Lipinski definition) is 4. The third-order valence-electron chi connectivity index (χ3n) is 3.45. The summed E-state index contributed by atoms with van der Waals surface area (Å²) in [6.45, 7) is 2.99. The van der Waals surface area contributed by atoms with Gasteiger partial charge in [0.1, 0.15) is 18.2 Å². The maximum Gasteiger partial charge on any atom is 0.338 e. The van der Waals surface area contributed by atoms with Crippen LogP contribution >= 0.6 is 0 Å². The van der Waals surface area contributed by atoms with Gasteiger partial charge in [-0.2, -0.15) is 0 Å². The smallest absolute Gasteiger partial charge is 0.338 e. The van der Waals surface area contributed by atoms with E-state index >= 15 is 0 Å². The number of halogens is 1. The van der Waals surface area contributed by atoms with Crippen LogP contribution in [0.15, 0.2) is 36.4 Å². The van der Waals surface area contributed by atoms with E-state index in [-0.39, 0.29) is 18.0 Å². The maximum absolute atomic E-state index is 13.5. The number of ketones is 1. The quantitative estimate of drug-likeness (QED) is 0.623. The van der Waals surface area contributed by atoms with Crippen molar-refractivity contribution in [2.75, 3.05) is 7.11 Å². The molecule has 0 aliphatic rings. The zero-order chi connectivity index (χ0) is 17.0. The second-order valence-corrected chi connectivity index (χ2v) is 5.12. The molecule has 0 bridgehead atoms. The van der Waals surface area contributed by atoms with Gasteiger partial charge < -0.3 is 9.47 Å². The molecule has 0 fully saturated rings. The predicted molar refractivity (Wildman–Crippen MR) is 83.3 cm³/mol. The van der Waals surface area contributed by atoms with Gasteiger partial charge in [-0.05, 0) is 49.7 Å². The summed E-state index contributed by atoms with van der Waals surface area (Å²) in [6, 6.07) is 9.06. The van der Waals surface area contributed by atoms with Crippen molar-refractivity contribution in [2.45, 2.75) is 20.5 Å². The summed E-state index contributed by atoms with van der Waals surface area (Å²) >= 11 is 0. The molecule has 0 amide bonds. The molecule has 0 heterocycles. The van der Waals surface area contributed by atoms with E-state index < -0.39 is 11.8 Å². The number of methoxy groups -OCH3 is 1. The van der Waals surface area contributed by atoms with Gasteiger partial charge in [0.05, 0.1) is 12.7 Å². The number of carbonyl (C=O) groups is 2. The monoisotopic (exact) mass is 316 g/mol. The number of aryl methyl sites for hydroxylation is 1. The lowest BCUT2D eigenvalue weighted by Gasteiger charge is -2.11. The van der Waals surface area contributed by atoms with Crippen molar-refractivity contribution in [2.24, 2.45) is 0 Å². The first-order chi connectivity index (χ1) is 10.9. The Morgan fingerprint density at radius 2 is 1.78 bits per heavy atom. The lowest BCUT2D eigenvalue weighted by atomic mass is 10.1. The third kappa shape index (κ3) is 3.94. The minimum absolute atomic E-state index is 0.0708. The van der Waals surface area contributed by atoms with Crippen LogP contribution in [-0.2, 0) is 11.3 Å². The van der Waals surface area contributed by atoms with Gasteiger partial charge in [0.2, 0.25) is 0 Å². The van der Waals surface area contributed by atoms with Gasteiger partial charge in [0.25, 0.3) is 0 Å². The number of benzene rings is 2. The number of esters is 1. The maximum atomic E-state index is 13.5.